The summed E-state index contributed by atoms with van der Waals surface area (Å²) in [6.07, 6.45) is 0.456. The molecule has 2 aliphatic rings. The highest BCUT2D eigenvalue weighted by molar-refractivity contribution is 5.99. The Labute approximate surface area is 183 Å². The molecule has 3 atom stereocenters. The minimum Gasteiger partial charge on any atom is -0.481 e. The van der Waals surface area contributed by atoms with E-state index in [-0.39, 0.29) is 31.7 Å². The normalized spacial score (nSPS) is 21.8. The molecule has 2 heterocycles. The Kier molecular flexibility index (Phi) is 7.18. The van der Waals surface area contributed by atoms with E-state index in [1.54, 1.807) is 30.3 Å². The third-order valence-corrected chi connectivity index (χ3v) is 5.39. The summed E-state index contributed by atoms with van der Waals surface area (Å²) < 4.78 is 0. The smallest absolute Gasteiger partial charge is 0.305 e. The summed E-state index contributed by atoms with van der Waals surface area (Å²) in [6, 6.07) is 4.90. The first-order valence-electron chi connectivity index (χ1n) is 10.3. The standard InChI is InChI=1S/C21H24N4O7/c26-12-14(11-18(28)29)22-20(31)16-7-4-10-24-17(27)9-8-15(21(32)25(16)24)23-19(30)13-5-2-1-3-6-13/h1-3,5-6,12,14-16H,4,7-11H2,(H,22,31)(H,23,30)(H,28,29)/t14-,15?,16-/m0/s1. The molecule has 0 radical (unpaired) electrons. The highest BCUT2D eigenvalue weighted by atomic mass is 16.4. The number of hydrazine groups is 1. The zero-order valence-electron chi connectivity index (χ0n) is 17.2. The Balaban J connectivity index is 1.81. The molecule has 1 aromatic rings. The largest absolute Gasteiger partial charge is 0.481 e. The number of nitrogens with one attached hydrogen (secondary N) is 2. The van der Waals surface area contributed by atoms with Crippen molar-refractivity contribution in [1.82, 2.24) is 20.7 Å². The van der Waals surface area contributed by atoms with Crippen LogP contribution in [0.15, 0.2) is 30.3 Å². The molecule has 2 aliphatic heterocycles. The van der Waals surface area contributed by atoms with Crippen molar-refractivity contribution >= 4 is 35.9 Å². The van der Waals surface area contributed by atoms with Gasteiger partial charge >= 0.3 is 5.97 Å². The van der Waals surface area contributed by atoms with Gasteiger partial charge in [0, 0.05) is 18.5 Å². The monoisotopic (exact) mass is 444 g/mol. The van der Waals surface area contributed by atoms with Crippen molar-refractivity contribution in [2.24, 2.45) is 0 Å². The summed E-state index contributed by atoms with van der Waals surface area (Å²) >= 11 is 0. The second-order valence-corrected chi connectivity index (χ2v) is 7.64. The number of aldehydes is 1. The van der Waals surface area contributed by atoms with E-state index in [2.05, 4.69) is 10.6 Å². The van der Waals surface area contributed by atoms with E-state index in [0.717, 1.165) is 5.01 Å². The fourth-order valence-electron chi connectivity index (χ4n) is 3.84. The average molecular weight is 444 g/mol. The zero-order chi connectivity index (χ0) is 23.3. The molecule has 0 bridgehead atoms. The molecule has 11 heteroatoms. The lowest BCUT2D eigenvalue weighted by molar-refractivity contribution is -0.176. The number of hydrogen-bond donors (Lipinski definition) is 3. The van der Waals surface area contributed by atoms with E-state index in [4.69, 9.17) is 5.11 Å². The molecule has 2 saturated heterocycles. The number of rotatable bonds is 7. The Morgan fingerprint density at radius 1 is 1.16 bits per heavy atom. The molecule has 170 valence electrons. The van der Waals surface area contributed by atoms with E-state index in [9.17, 15) is 28.8 Å². The Morgan fingerprint density at radius 3 is 2.53 bits per heavy atom. The average Bonchev–Trinajstić information content (AvgIpc) is 2.90. The fraction of sp³-hybridized carbons (Fsp3) is 0.429. The van der Waals surface area contributed by atoms with Gasteiger partial charge < -0.3 is 20.5 Å². The molecule has 3 N–H and O–H groups in total. The summed E-state index contributed by atoms with van der Waals surface area (Å²) in [5.74, 6) is -3.45. The van der Waals surface area contributed by atoms with Gasteiger partial charge in [0.2, 0.25) is 11.8 Å². The van der Waals surface area contributed by atoms with Crippen molar-refractivity contribution in [1.29, 1.82) is 0 Å². The topological polar surface area (TPSA) is 153 Å². The second-order valence-electron chi connectivity index (χ2n) is 7.64. The second kappa shape index (κ2) is 10.0. The minimum atomic E-state index is -1.27. The SMILES string of the molecule is O=C[C@H](CC(=O)O)NC(=O)[C@@H]1CCCN2C(=O)CCC(NC(=O)c3ccccc3)C(=O)N12. The maximum absolute atomic E-state index is 13.3. The van der Waals surface area contributed by atoms with Gasteiger partial charge in [-0.3, -0.25) is 29.0 Å². The summed E-state index contributed by atoms with van der Waals surface area (Å²) in [7, 11) is 0. The van der Waals surface area contributed by atoms with E-state index in [1.165, 1.54) is 5.01 Å². The number of amides is 4. The van der Waals surface area contributed by atoms with Gasteiger partial charge in [-0.25, -0.2) is 5.01 Å². The molecule has 0 saturated carbocycles. The van der Waals surface area contributed by atoms with Crippen molar-refractivity contribution in [3.8, 4) is 0 Å². The molecule has 0 spiro atoms. The lowest BCUT2D eigenvalue weighted by Gasteiger charge is -2.43. The van der Waals surface area contributed by atoms with Crippen LogP contribution in [0.1, 0.15) is 42.5 Å². The zero-order valence-corrected chi connectivity index (χ0v) is 17.2. The van der Waals surface area contributed by atoms with Crippen molar-refractivity contribution in [3.05, 3.63) is 35.9 Å². The van der Waals surface area contributed by atoms with Gasteiger partial charge in [0.15, 0.2) is 0 Å². The minimum absolute atomic E-state index is 0.00624. The molecular weight excluding hydrogens is 420 g/mol. The lowest BCUT2D eigenvalue weighted by atomic mass is 10.0. The molecule has 11 nitrogen and oxygen atoms in total. The molecule has 4 amide bonds. The van der Waals surface area contributed by atoms with Crippen LogP contribution in [0.3, 0.4) is 0 Å². The van der Waals surface area contributed by atoms with Gasteiger partial charge in [-0.15, -0.1) is 0 Å². The third-order valence-electron chi connectivity index (χ3n) is 5.39. The summed E-state index contributed by atoms with van der Waals surface area (Å²) in [4.78, 5) is 73.4. The first-order chi connectivity index (χ1) is 15.3. The van der Waals surface area contributed by atoms with Crippen molar-refractivity contribution in [3.63, 3.8) is 0 Å². The maximum Gasteiger partial charge on any atom is 0.305 e. The summed E-state index contributed by atoms with van der Waals surface area (Å²) in [5.41, 5.74) is 0.350. The van der Waals surface area contributed by atoms with Gasteiger partial charge in [0.25, 0.3) is 11.8 Å². The van der Waals surface area contributed by atoms with Crippen LogP contribution in [-0.2, 0) is 24.0 Å². The molecular formula is C21H24N4O7. The first kappa shape index (κ1) is 22.9. The van der Waals surface area contributed by atoms with Crippen LogP contribution >= 0.6 is 0 Å². The van der Waals surface area contributed by atoms with Gasteiger partial charge in [0.05, 0.1) is 12.5 Å². The summed E-state index contributed by atoms with van der Waals surface area (Å²) in [5, 5.41) is 16.1. The Hall–Kier alpha value is -3.76. The number of hydrogen-bond acceptors (Lipinski definition) is 6. The van der Waals surface area contributed by atoms with E-state index < -0.39 is 48.2 Å². The summed E-state index contributed by atoms with van der Waals surface area (Å²) in [6.45, 7) is 0.236. The van der Waals surface area contributed by atoms with Gasteiger partial charge in [-0.1, -0.05) is 18.2 Å². The van der Waals surface area contributed by atoms with E-state index >= 15 is 0 Å². The predicted molar refractivity (Wildman–Crippen MR) is 109 cm³/mol. The van der Waals surface area contributed by atoms with Crippen LogP contribution < -0.4 is 10.6 Å². The highest BCUT2D eigenvalue weighted by Crippen LogP contribution is 2.25. The molecule has 1 aromatic carbocycles. The van der Waals surface area contributed by atoms with Crippen LogP contribution in [0.25, 0.3) is 0 Å². The first-order valence-corrected chi connectivity index (χ1v) is 10.3. The fourth-order valence-corrected chi connectivity index (χ4v) is 3.84. The Morgan fingerprint density at radius 2 is 1.88 bits per heavy atom. The van der Waals surface area contributed by atoms with Crippen LogP contribution in [0.4, 0.5) is 0 Å². The van der Waals surface area contributed by atoms with E-state index in [0.29, 0.717) is 18.3 Å². The number of nitrogens with zero attached hydrogens (tertiary/aromatic N) is 2. The van der Waals surface area contributed by atoms with Gasteiger partial charge in [-0.2, -0.15) is 0 Å². The van der Waals surface area contributed by atoms with Crippen LogP contribution in [0, 0.1) is 0 Å². The molecule has 0 aliphatic carbocycles. The lowest BCUT2D eigenvalue weighted by Crippen LogP contribution is -2.64. The molecule has 3 rings (SSSR count). The van der Waals surface area contributed by atoms with Crippen LogP contribution in [-0.4, -0.2) is 75.7 Å². The number of carboxylic acid groups (broad SMARTS) is 1. The van der Waals surface area contributed by atoms with Crippen molar-refractivity contribution in [2.75, 3.05) is 6.54 Å². The van der Waals surface area contributed by atoms with Crippen LogP contribution in [0.5, 0.6) is 0 Å². The number of aliphatic carboxylic acids is 1. The molecule has 0 aromatic heterocycles. The number of carboxylic acids is 1. The predicted octanol–water partition coefficient (Wildman–Crippen LogP) is -0.528. The maximum atomic E-state index is 13.3. The van der Waals surface area contributed by atoms with Crippen LogP contribution in [0.2, 0.25) is 0 Å². The molecule has 32 heavy (non-hydrogen) atoms. The molecule has 1 unspecified atom stereocenters. The quantitative estimate of drug-likeness (QED) is 0.478. The van der Waals surface area contributed by atoms with Crippen molar-refractivity contribution < 1.29 is 33.9 Å². The molecule has 2 fully saturated rings. The number of benzene rings is 1. The number of carbonyl (C=O) groups excluding carboxylic acids is 5. The van der Waals surface area contributed by atoms with Gasteiger partial charge in [-0.05, 0) is 31.4 Å². The number of carbonyl (C=O) groups is 6. The van der Waals surface area contributed by atoms with E-state index in [1.807, 2.05) is 0 Å². The van der Waals surface area contributed by atoms with Gasteiger partial charge in [0.1, 0.15) is 18.4 Å². The highest BCUT2D eigenvalue weighted by Gasteiger charge is 2.44. The Bertz CT molecular complexity index is 920. The van der Waals surface area contributed by atoms with Crippen molar-refractivity contribution in [2.45, 2.75) is 50.2 Å². The third kappa shape index (κ3) is 5.10. The number of fused-ring (bicyclic) bond motifs is 1.